The summed E-state index contributed by atoms with van der Waals surface area (Å²) in [6, 6.07) is 15.8. The molecular formula is C37H40N2O3. The molecule has 1 N–H and O–H groups in total. The van der Waals surface area contributed by atoms with E-state index in [4.69, 9.17) is 4.74 Å². The van der Waals surface area contributed by atoms with Gasteiger partial charge in [-0.2, -0.15) is 0 Å². The van der Waals surface area contributed by atoms with Crippen LogP contribution in [-0.2, 0) is 16.1 Å². The summed E-state index contributed by atoms with van der Waals surface area (Å²) >= 11 is 0. The lowest BCUT2D eigenvalue weighted by Gasteiger charge is -2.27. The first-order valence-corrected chi connectivity index (χ1v) is 14.5. The molecule has 1 aliphatic heterocycles. The standard InChI is InChI=1S/C37H40N2O3/c1-5-7-13-28(6-2)19-24-33(40)16-11-15-32-26-39(34-17-9-8-14-31(34)25-38-32)37(41)30-22-20-29(21-23-30)36-27(3)12-10-18-35(36)42-4/h5-18,20-23,27,36,38H,2,19,24-26H2,1,3-4H3/b7-5-,16-11+,28-13+,32-15-. The van der Waals surface area contributed by atoms with Crippen LogP contribution in [0, 0.1) is 5.92 Å². The number of methoxy groups -OCH3 is 1. The van der Waals surface area contributed by atoms with E-state index in [1.165, 1.54) is 0 Å². The number of nitrogens with zero attached hydrogens (tertiary/aromatic N) is 1. The van der Waals surface area contributed by atoms with E-state index in [0.717, 1.165) is 33.8 Å². The molecule has 0 aromatic heterocycles. The largest absolute Gasteiger partial charge is 0.500 e. The molecular weight excluding hydrogens is 520 g/mol. The number of nitrogens with one attached hydrogen (secondary N) is 1. The Balaban J connectivity index is 1.51. The van der Waals surface area contributed by atoms with Gasteiger partial charge in [-0.25, -0.2) is 0 Å². The summed E-state index contributed by atoms with van der Waals surface area (Å²) in [7, 11) is 1.70. The zero-order chi connectivity index (χ0) is 29.9. The van der Waals surface area contributed by atoms with Crippen LogP contribution in [0.5, 0.6) is 0 Å². The van der Waals surface area contributed by atoms with Gasteiger partial charge < -0.3 is 15.0 Å². The van der Waals surface area contributed by atoms with E-state index in [2.05, 4.69) is 24.9 Å². The summed E-state index contributed by atoms with van der Waals surface area (Å²) in [6.45, 7) is 8.90. The number of rotatable bonds is 10. The van der Waals surface area contributed by atoms with Gasteiger partial charge in [0.2, 0.25) is 0 Å². The minimum absolute atomic E-state index is 0.0410. The van der Waals surface area contributed by atoms with E-state index in [0.29, 0.717) is 37.4 Å². The smallest absolute Gasteiger partial charge is 0.258 e. The molecule has 1 amide bonds. The number of ketones is 1. The van der Waals surface area contributed by atoms with Gasteiger partial charge in [0.05, 0.1) is 13.7 Å². The maximum Gasteiger partial charge on any atom is 0.258 e. The second-order valence-corrected chi connectivity index (χ2v) is 10.5. The second kappa shape index (κ2) is 14.8. The highest BCUT2D eigenvalue weighted by atomic mass is 16.5. The average molecular weight is 561 g/mol. The number of benzene rings is 2. The molecule has 5 heteroatoms. The molecule has 2 aromatic rings. The zero-order valence-electron chi connectivity index (χ0n) is 24.8. The van der Waals surface area contributed by atoms with Crippen LogP contribution in [0.1, 0.15) is 54.1 Å². The normalized spacial score (nSPS) is 19.8. The first kappa shape index (κ1) is 30.3. The van der Waals surface area contributed by atoms with Gasteiger partial charge in [0, 0.05) is 35.8 Å². The lowest BCUT2D eigenvalue weighted by molar-refractivity contribution is -0.114. The van der Waals surface area contributed by atoms with E-state index >= 15 is 0 Å². The van der Waals surface area contributed by atoms with E-state index < -0.39 is 0 Å². The third kappa shape index (κ3) is 7.55. The molecule has 2 atom stereocenters. The van der Waals surface area contributed by atoms with Crippen molar-refractivity contribution in [2.75, 3.05) is 18.6 Å². The first-order chi connectivity index (χ1) is 20.4. The average Bonchev–Trinajstić information content (AvgIpc) is 3.20. The van der Waals surface area contributed by atoms with Crippen LogP contribution in [0.15, 0.2) is 133 Å². The molecule has 2 aliphatic rings. The van der Waals surface area contributed by atoms with Crippen molar-refractivity contribution in [3.63, 3.8) is 0 Å². The van der Waals surface area contributed by atoms with E-state index in [1.54, 1.807) is 30.2 Å². The molecule has 0 spiro atoms. The lowest BCUT2D eigenvalue weighted by atomic mass is 9.82. The van der Waals surface area contributed by atoms with Gasteiger partial charge in [0.1, 0.15) is 5.76 Å². The number of ether oxygens (including phenoxy) is 1. The van der Waals surface area contributed by atoms with Crippen LogP contribution in [0.4, 0.5) is 5.69 Å². The Labute approximate surface area is 250 Å². The molecule has 2 unspecified atom stereocenters. The third-order valence-corrected chi connectivity index (χ3v) is 7.63. The van der Waals surface area contributed by atoms with Crippen LogP contribution in [0.3, 0.4) is 0 Å². The van der Waals surface area contributed by atoms with E-state index in [1.807, 2.05) is 91.9 Å². The number of anilines is 1. The maximum atomic E-state index is 13.9. The summed E-state index contributed by atoms with van der Waals surface area (Å²) in [5.74, 6) is 1.29. The molecule has 1 aliphatic carbocycles. The number of amides is 1. The number of allylic oxidation sites excluding steroid dienone is 12. The Morgan fingerprint density at radius 2 is 1.88 bits per heavy atom. The van der Waals surface area contributed by atoms with Crippen LogP contribution >= 0.6 is 0 Å². The Morgan fingerprint density at radius 1 is 1.10 bits per heavy atom. The molecule has 42 heavy (non-hydrogen) atoms. The minimum Gasteiger partial charge on any atom is -0.500 e. The van der Waals surface area contributed by atoms with Gasteiger partial charge in [-0.3, -0.25) is 9.59 Å². The molecule has 1 heterocycles. The second-order valence-electron chi connectivity index (χ2n) is 10.5. The van der Waals surface area contributed by atoms with Crippen LogP contribution in [-0.4, -0.2) is 25.3 Å². The van der Waals surface area contributed by atoms with Crippen LogP contribution < -0.4 is 10.2 Å². The molecule has 0 bridgehead atoms. The summed E-state index contributed by atoms with van der Waals surface area (Å²) in [6.07, 6.45) is 20.1. The van der Waals surface area contributed by atoms with Crippen molar-refractivity contribution >= 4 is 17.4 Å². The van der Waals surface area contributed by atoms with E-state index in [-0.39, 0.29) is 17.6 Å². The molecule has 0 saturated carbocycles. The monoisotopic (exact) mass is 560 g/mol. The van der Waals surface area contributed by atoms with Gasteiger partial charge in [-0.1, -0.05) is 86.4 Å². The molecule has 2 aromatic carbocycles. The number of para-hydroxylation sites is 1. The molecule has 0 radical (unpaired) electrons. The minimum atomic E-state index is -0.0763. The number of carbonyl (C=O) groups excluding carboxylic acids is 2. The van der Waals surface area contributed by atoms with Crippen molar-refractivity contribution in [2.24, 2.45) is 5.92 Å². The fourth-order valence-electron chi connectivity index (χ4n) is 5.28. The van der Waals surface area contributed by atoms with Crippen molar-refractivity contribution in [3.8, 4) is 0 Å². The quantitative estimate of drug-likeness (QED) is 0.239. The number of hydrogen-bond acceptors (Lipinski definition) is 4. The Kier molecular flexibility index (Phi) is 10.7. The Hall–Kier alpha value is -4.64. The number of carbonyl (C=O) groups is 2. The van der Waals surface area contributed by atoms with Gasteiger partial charge >= 0.3 is 0 Å². The SMILES string of the molecule is C=C/C(=C\C=C/C)CCC(=O)/C=C/C=C1/CN(C(=O)c2ccc(C3C(OC)=CC=CC3C)cc2)c2ccccc2CN1. The van der Waals surface area contributed by atoms with Crippen molar-refractivity contribution in [1.82, 2.24) is 5.32 Å². The van der Waals surface area contributed by atoms with E-state index in [9.17, 15) is 9.59 Å². The highest BCUT2D eigenvalue weighted by Gasteiger charge is 2.27. The van der Waals surface area contributed by atoms with Crippen molar-refractivity contribution < 1.29 is 14.3 Å². The summed E-state index contributed by atoms with van der Waals surface area (Å²) in [4.78, 5) is 28.2. The third-order valence-electron chi connectivity index (χ3n) is 7.63. The fourth-order valence-corrected chi connectivity index (χ4v) is 5.28. The first-order valence-electron chi connectivity index (χ1n) is 14.5. The molecule has 216 valence electrons. The Morgan fingerprint density at radius 3 is 2.62 bits per heavy atom. The summed E-state index contributed by atoms with van der Waals surface area (Å²) in [5.41, 5.74) is 5.53. The molecule has 5 nitrogen and oxygen atoms in total. The van der Waals surface area contributed by atoms with Crippen LogP contribution in [0.25, 0.3) is 0 Å². The van der Waals surface area contributed by atoms with Crippen molar-refractivity contribution in [1.29, 1.82) is 0 Å². The summed E-state index contributed by atoms with van der Waals surface area (Å²) in [5, 5.41) is 3.45. The lowest BCUT2D eigenvalue weighted by Crippen LogP contribution is -2.33. The predicted molar refractivity (Wildman–Crippen MR) is 172 cm³/mol. The summed E-state index contributed by atoms with van der Waals surface area (Å²) < 4.78 is 5.64. The molecule has 0 fully saturated rings. The Bertz CT molecular complexity index is 1470. The predicted octanol–water partition coefficient (Wildman–Crippen LogP) is 7.73. The van der Waals surface area contributed by atoms with Crippen molar-refractivity contribution in [3.05, 3.63) is 150 Å². The molecule has 4 rings (SSSR count). The van der Waals surface area contributed by atoms with Crippen molar-refractivity contribution in [2.45, 2.75) is 39.2 Å². The number of hydrogen-bond donors (Lipinski definition) is 1. The van der Waals surface area contributed by atoms with Crippen LogP contribution in [0.2, 0.25) is 0 Å². The van der Waals surface area contributed by atoms with Gasteiger partial charge in [-0.05, 0) is 72.4 Å². The fraction of sp³-hybridized carbons (Fsp3) is 0.243. The van der Waals surface area contributed by atoms with Gasteiger partial charge in [0.25, 0.3) is 5.91 Å². The maximum absolute atomic E-state index is 13.9. The highest BCUT2D eigenvalue weighted by molar-refractivity contribution is 6.07. The zero-order valence-corrected chi connectivity index (χ0v) is 24.8. The van der Waals surface area contributed by atoms with Gasteiger partial charge in [-0.15, -0.1) is 0 Å². The molecule has 0 saturated heterocycles. The van der Waals surface area contributed by atoms with Gasteiger partial charge in [0.15, 0.2) is 5.78 Å². The highest BCUT2D eigenvalue weighted by Crippen LogP contribution is 2.36. The topological polar surface area (TPSA) is 58.6 Å². The number of fused-ring (bicyclic) bond motifs is 1.